The standard InChI is InChI=1S/C17H21N3O/c1-17(8-10-18-11-9-17)12-19-16(21)15-7-6-13-4-2-3-5-14(13)20-15/h2-7,18H,8-12H2,1H3,(H,19,21). The summed E-state index contributed by atoms with van der Waals surface area (Å²) in [6, 6.07) is 11.6. The fourth-order valence-corrected chi connectivity index (χ4v) is 2.78. The van der Waals surface area contributed by atoms with E-state index in [4.69, 9.17) is 0 Å². The van der Waals surface area contributed by atoms with E-state index in [0.717, 1.165) is 36.8 Å². The Bertz CT molecular complexity index is 647. The number of fused-ring (bicyclic) bond motifs is 1. The van der Waals surface area contributed by atoms with Gasteiger partial charge >= 0.3 is 0 Å². The lowest BCUT2D eigenvalue weighted by molar-refractivity contribution is 0.0917. The van der Waals surface area contributed by atoms with Gasteiger partial charge in [-0.3, -0.25) is 4.79 Å². The first-order valence-corrected chi connectivity index (χ1v) is 7.51. The Labute approximate surface area is 125 Å². The third-order valence-corrected chi connectivity index (χ3v) is 4.32. The predicted molar refractivity (Wildman–Crippen MR) is 84.3 cm³/mol. The molecule has 0 aliphatic carbocycles. The smallest absolute Gasteiger partial charge is 0.269 e. The summed E-state index contributed by atoms with van der Waals surface area (Å²) in [5, 5.41) is 7.45. The lowest BCUT2D eigenvalue weighted by atomic mass is 9.81. The number of rotatable bonds is 3. The van der Waals surface area contributed by atoms with Crippen molar-refractivity contribution in [2.75, 3.05) is 19.6 Å². The average molecular weight is 283 g/mol. The van der Waals surface area contributed by atoms with Crippen molar-refractivity contribution >= 4 is 16.8 Å². The molecule has 1 aromatic carbocycles. The topological polar surface area (TPSA) is 54.0 Å². The number of benzene rings is 1. The largest absolute Gasteiger partial charge is 0.350 e. The van der Waals surface area contributed by atoms with Crippen LogP contribution in [0.25, 0.3) is 10.9 Å². The molecule has 1 aliphatic heterocycles. The zero-order chi connectivity index (χ0) is 14.7. The second kappa shape index (κ2) is 5.82. The van der Waals surface area contributed by atoms with Crippen LogP contribution in [0.3, 0.4) is 0 Å². The van der Waals surface area contributed by atoms with E-state index in [-0.39, 0.29) is 11.3 Å². The lowest BCUT2D eigenvalue weighted by Crippen LogP contribution is -2.43. The van der Waals surface area contributed by atoms with Crippen LogP contribution < -0.4 is 10.6 Å². The maximum Gasteiger partial charge on any atom is 0.269 e. The van der Waals surface area contributed by atoms with Crippen molar-refractivity contribution in [1.82, 2.24) is 15.6 Å². The van der Waals surface area contributed by atoms with Gasteiger partial charge < -0.3 is 10.6 Å². The number of carbonyl (C=O) groups is 1. The molecule has 2 N–H and O–H groups in total. The number of piperidine rings is 1. The molecular formula is C17H21N3O. The highest BCUT2D eigenvalue weighted by atomic mass is 16.1. The van der Waals surface area contributed by atoms with Gasteiger partial charge in [0.2, 0.25) is 0 Å². The summed E-state index contributed by atoms with van der Waals surface area (Å²) in [4.78, 5) is 16.7. The number of aromatic nitrogens is 1. The Balaban J connectivity index is 1.69. The van der Waals surface area contributed by atoms with Gasteiger partial charge in [-0.1, -0.05) is 31.2 Å². The first-order valence-electron chi connectivity index (χ1n) is 7.51. The van der Waals surface area contributed by atoms with Gasteiger partial charge in [0.1, 0.15) is 5.69 Å². The third-order valence-electron chi connectivity index (χ3n) is 4.32. The van der Waals surface area contributed by atoms with E-state index in [1.54, 1.807) is 6.07 Å². The molecule has 4 heteroatoms. The number of nitrogens with one attached hydrogen (secondary N) is 2. The Morgan fingerprint density at radius 2 is 2.00 bits per heavy atom. The number of pyridine rings is 1. The predicted octanol–water partition coefficient (Wildman–Crippen LogP) is 2.35. The normalized spacial score (nSPS) is 17.6. The fourth-order valence-electron chi connectivity index (χ4n) is 2.78. The Kier molecular flexibility index (Phi) is 3.88. The van der Waals surface area contributed by atoms with E-state index >= 15 is 0 Å². The minimum atomic E-state index is -0.0829. The number of carbonyl (C=O) groups excluding carboxylic acids is 1. The Morgan fingerprint density at radius 3 is 2.81 bits per heavy atom. The number of hydrogen-bond acceptors (Lipinski definition) is 3. The van der Waals surface area contributed by atoms with Crippen molar-refractivity contribution in [1.29, 1.82) is 0 Å². The van der Waals surface area contributed by atoms with Gasteiger partial charge in [0.15, 0.2) is 0 Å². The molecule has 110 valence electrons. The van der Waals surface area contributed by atoms with Gasteiger partial charge in [-0.05, 0) is 43.5 Å². The van der Waals surface area contributed by atoms with E-state index in [1.165, 1.54) is 0 Å². The van der Waals surface area contributed by atoms with Crippen LogP contribution in [0.5, 0.6) is 0 Å². The molecule has 0 radical (unpaired) electrons. The molecule has 2 aromatic rings. The summed E-state index contributed by atoms with van der Waals surface area (Å²) in [5.74, 6) is -0.0829. The summed E-state index contributed by atoms with van der Waals surface area (Å²) < 4.78 is 0. The summed E-state index contributed by atoms with van der Waals surface area (Å²) in [6.07, 6.45) is 2.19. The average Bonchev–Trinajstić information content (AvgIpc) is 2.53. The SMILES string of the molecule is CC1(CNC(=O)c2ccc3ccccc3n2)CCNCC1. The van der Waals surface area contributed by atoms with E-state index < -0.39 is 0 Å². The highest BCUT2D eigenvalue weighted by Gasteiger charge is 2.27. The molecule has 1 aliphatic rings. The van der Waals surface area contributed by atoms with Gasteiger partial charge in [0, 0.05) is 11.9 Å². The molecule has 0 atom stereocenters. The summed E-state index contributed by atoms with van der Waals surface area (Å²) in [5.41, 5.74) is 1.54. The van der Waals surface area contributed by atoms with Crippen LogP contribution in [0.1, 0.15) is 30.3 Å². The number of amides is 1. The van der Waals surface area contributed by atoms with Crippen LogP contribution in [0.15, 0.2) is 36.4 Å². The van der Waals surface area contributed by atoms with Gasteiger partial charge in [0.05, 0.1) is 5.52 Å². The van der Waals surface area contributed by atoms with E-state index in [2.05, 4.69) is 22.5 Å². The first-order chi connectivity index (χ1) is 10.2. The minimum Gasteiger partial charge on any atom is -0.350 e. The quantitative estimate of drug-likeness (QED) is 0.909. The fraction of sp³-hybridized carbons (Fsp3) is 0.412. The van der Waals surface area contributed by atoms with Crippen molar-refractivity contribution in [2.24, 2.45) is 5.41 Å². The first kappa shape index (κ1) is 14.0. The molecular weight excluding hydrogens is 262 g/mol. The molecule has 1 fully saturated rings. The summed E-state index contributed by atoms with van der Waals surface area (Å²) >= 11 is 0. The molecule has 0 spiro atoms. The zero-order valence-corrected chi connectivity index (χ0v) is 12.4. The second-order valence-electron chi connectivity index (χ2n) is 6.13. The molecule has 2 heterocycles. The van der Waals surface area contributed by atoms with Gasteiger partial charge in [-0.15, -0.1) is 0 Å². The molecule has 0 unspecified atom stereocenters. The van der Waals surface area contributed by atoms with Crippen molar-refractivity contribution in [3.63, 3.8) is 0 Å². The van der Waals surface area contributed by atoms with E-state index in [9.17, 15) is 4.79 Å². The van der Waals surface area contributed by atoms with Gasteiger partial charge in [-0.2, -0.15) is 0 Å². The molecule has 1 aromatic heterocycles. The van der Waals surface area contributed by atoms with Crippen LogP contribution in [-0.4, -0.2) is 30.5 Å². The van der Waals surface area contributed by atoms with Crippen molar-refractivity contribution in [3.05, 3.63) is 42.1 Å². The van der Waals surface area contributed by atoms with Crippen molar-refractivity contribution in [3.8, 4) is 0 Å². The van der Waals surface area contributed by atoms with Crippen LogP contribution in [0.2, 0.25) is 0 Å². The number of nitrogens with zero attached hydrogens (tertiary/aromatic N) is 1. The van der Waals surface area contributed by atoms with Crippen LogP contribution in [0, 0.1) is 5.41 Å². The van der Waals surface area contributed by atoms with Gasteiger partial charge in [0.25, 0.3) is 5.91 Å². The van der Waals surface area contributed by atoms with E-state index in [1.807, 2.05) is 30.3 Å². The van der Waals surface area contributed by atoms with Gasteiger partial charge in [-0.25, -0.2) is 4.98 Å². The van der Waals surface area contributed by atoms with Crippen molar-refractivity contribution in [2.45, 2.75) is 19.8 Å². The highest BCUT2D eigenvalue weighted by molar-refractivity contribution is 5.94. The molecule has 0 bridgehead atoms. The number of para-hydroxylation sites is 1. The van der Waals surface area contributed by atoms with E-state index in [0.29, 0.717) is 12.2 Å². The lowest BCUT2D eigenvalue weighted by Gasteiger charge is -2.34. The Hall–Kier alpha value is -1.94. The highest BCUT2D eigenvalue weighted by Crippen LogP contribution is 2.26. The monoisotopic (exact) mass is 283 g/mol. The van der Waals surface area contributed by atoms with Crippen LogP contribution in [-0.2, 0) is 0 Å². The minimum absolute atomic E-state index is 0.0829. The molecule has 1 amide bonds. The molecule has 3 rings (SSSR count). The second-order valence-corrected chi connectivity index (χ2v) is 6.13. The van der Waals surface area contributed by atoms with Crippen LogP contribution >= 0.6 is 0 Å². The Morgan fingerprint density at radius 1 is 1.24 bits per heavy atom. The summed E-state index contributed by atoms with van der Waals surface area (Å²) in [6.45, 7) is 5.01. The zero-order valence-electron chi connectivity index (χ0n) is 12.4. The van der Waals surface area contributed by atoms with Crippen molar-refractivity contribution < 1.29 is 4.79 Å². The molecule has 1 saturated heterocycles. The molecule has 0 saturated carbocycles. The maximum atomic E-state index is 12.3. The maximum absolute atomic E-state index is 12.3. The summed E-state index contributed by atoms with van der Waals surface area (Å²) in [7, 11) is 0. The number of hydrogen-bond donors (Lipinski definition) is 2. The van der Waals surface area contributed by atoms with Crippen LogP contribution in [0.4, 0.5) is 0 Å². The third kappa shape index (κ3) is 3.22. The molecule has 21 heavy (non-hydrogen) atoms. The molecule has 4 nitrogen and oxygen atoms in total.